The molecule has 0 spiro atoms. The number of benzene rings is 2. The number of nitrogens with one attached hydrogen (secondary N) is 2. The van der Waals surface area contributed by atoms with Gasteiger partial charge >= 0.3 is 0 Å². The fourth-order valence-electron chi connectivity index (χ4n) is 3.50. The number of fused-ring (bicyclic) bond motifs is 1. The first kappa shape index (κ1) is 23.1. The number of methoxy groups -OCH3 is 1. The van der Waals surface area contributed by atoms with Crippen LogP contribution in [-0.2, 0) is 4.79 Å². The smallest absolute Gasteiger partial charge is 0.260 e. The SMILES string of the molecule is COc1ccc(C)cc1NC(=O)CSc1nc2scc(-c3ccc(C(C)C)cc3)c2c(=O)[nH]1. The van der Waals surface area contributed by atoms with Crippen LogP contribution >= 0.6 is 23.1 Å². The molecule has 2 N–H and O–H groups in total. The van der Waals surface area contributed by atoms with Crippen LogP contribution in [0.3, 0.4) is 0 Å². The third-order valence-corrected chi connectivity index (χ3v) is 7.03. The number of nitrogens with zero attached hydrogens (tertiary/aromatic N) is 1. The van der Waals surface area contributed by atoms with Crippen LogP contribution in [0.4, 0.5) is 5.69 Å². The summed E-state index contributed by atoms with van der Waals surface area (Å²) in [4.78, 5) is 33.4. The molecule has 4 aromatic rings. The molecular weight excluding hydrogens is 454 g/mol. The van der Waals surface area contributed by atoms with E-state index >= 15 is 0 Å². The highest BCUT2D eigenvalue weighted by Gasteiger charge is 2.15. The maximum Gasteiger partial charge on any atom is 0.260 e. The fraction of sp³-hybridized carbons (Fsp3) is 0.240. The third kappa shape index (κ3) is 5.12. The lowest BCUT2D eigenvalue weighted by Crippen LogP contribution is -2.16. The summed E-state index contributed by atoms with van der Waals surface area (Å²) >= 11 is 2.62. The number of aromatic nitrogens is 2. The van der Waals surface area contributed by atoms with Gasteiger partial charge in [-0.3, -0.25) is 9.59 Å². The summed E-state index contributed by atoms with van der Waals surface area (Å²) in [6, 6.07) is 13.9. The number of amides is 1. The van der Waals surface area contributed by atoms with Crippen molar-refractivity contribution >= 4 is 44.9 Å². The molecule has 170 valence electrons. The van der Waals surface area contributed by atoms with Gasteiger partial charge in [0.05, 0.1) is 23.9 Å². The van der Waals surface area contributed by atoms with E-state index in [4.69, 9.17) is 4.74 Å². The summed E-state index contributed by atoms with van der Waals surface area (Å²) in [5.74, 6) is 0.954. The number of anilines is 1. The minimum Gasteiger partial charge on any atom is -0.495 e. The number of aryl methyl sites for hydroxylation is 1. The van der Waals surface area contributed by atoms with Crippen molar-refractivity contribution in [3.63, 3.8) is 0 Å². The van der Waals surface area contributed by atoms with E-state index in [1.54, 1.807) is 7.11 Å². The zero-order valence-electron chi connectivity index (χ0n) is 18.9. The molecule has 0 bridgehead atoms. The Morgan fingerprint density at radius 2 is 1.97 bits per heavy atom. The zero-order chi connectivity index (χ0) is 23.5. The molecule has 1 amide bonds. The first-order valence-electron chi connectivity index (χ1n) is 10.5. The third-order valence-electron chi connectivity index (χ3n) is 5.28. The molecule has 8 heteroatoms. The Balaban J connectivity index is 1.50. The van der Waals surface area contributed by atoms with Crippen LogP contribution in [0, 0.1) is 6.92 Å². The monoisotopic (exact) mass is 479 g/mol. The predicted molar refractivity (Wildman–Crippen MR) is 137 cm³/mol. The van der Waals surface area contributed by atoms with Gasteiger partial charge < -0.3 is 15.0 Å². The Hall–Kier alpha value is -3.10. The Bertz CT molecular complexity index is 1360. The van der Waals surface area contributed by atoms with Gasteiger partial charge in [0.25, 0.3) is 5.56 Å². The van der Waals surface area contributed by atoms with E-state index in [2.05, 4.69) is 41.3 Å². The molecule has 0 aliphatic carbocycles. The quantitative estimate of drug-likeness (QED) is 0.258. The van der Waals surface area contributed by atoms with E-state index in [0.717, 1.165) is 16.7 Å². The van der Waals surface area contributed by atoms with Gasteiger partial charge in [-0.1, -0.05) is 55.9 Å². The second-order valence-corrected chi connectivity index (χ2v) is 9.84. The molecule has 4 rings (SSSR count). The maximum atomic E-state index is 12.9. The Labute approximate surface area is 200 Å². The maximum absolute atomic E-state index is 12.9. The molecule has 2 heterocycles. The van der Waals surface area contributed by atoms with Gasteiger partial charge in [-0.2, -0.15) is 0 Å². The lowest BCUT2D eigenvalue weighted by molar-refractivity contribution is -0.113. The molecule has 0 aliphatic rings. The second-order valence-electron chi connectivity index (χ2n) is 8.02. The summed E-state index contributed by atoms with van der Waals surface area (Å²) in [6.07, 6.45) is 0. The molecule has 0 atom stereocenters. The van der Waals surface area contributed by atoms with Gasteiger partial charge in [-0.15, -0.1) is 11.3 Å². The van der Waals surface area contributed by atoms with Crippen LogP contribution < -0.4 is 15.6 Å². The minimum absolute atomic E-state index is 0.112. The predicted octanol–water partition coefficient (Wildman–Crippen LogP) is 5.82. The van der Waals surface area contributed by atoms with Gasteiger partial charge in [0.1, 0.15) is 10.6 Å². The van der Waals surface area contributed by atoms with E-state index in [9.17, 15) is 9.59 Å². The van der Waals surface area contributed by atoms with E-state index in [1.165, 1.54) is 28.7 Å². The first-order valence-corrected chi connectivity index (χ1v) is 12.4. The average molecular weight is 480 g/mol. The van der Waals surface area contributed by atoms with Crippen molar-refractivity contribution in [3.8, 4) is 16.9 Å². The van der Waals surface area contributed by atoms with Gasteiger partial charge in [0.2, 0.25) is 5.91 Å². The summed E-state index contributed by atoms with van der Waals surface area (Å²) in [6.45, 7) is 6.25. The highest BCUT2D eigenvalue weighted by atomic mass is 32.2. The van der Waals surface area contributed by atoms with Crippen molar-refractivity contribution in [1.82, 2.24) is 9.97 Å². The number of aromatic amines is 1. The summed E-state index contributed by atoms with van der Waals surface area (Å²) < 4.78 is 5.30. The number of H-pyrrole nitrogens is 1. The Kier molecular flexibility index (Phi) is 6.85. The number of hydrogen-bond acceptors (Lipinski definition) is 6. The molecule has 0 unspecified atom stereocenters. The molecule has 2 aromatic heterocycles. The van der Waals surface area contributed by atoms with Gasteiger partial charge in [-0.05, 0) is 41.7 Å². The number of carbonyl (C=O) groups is 1. The number of carbonyl (C=O) groups excluding carboxylic acids is 1. The number of thioether (sulfide) groups is 1. The van der Waals surface area contributed by atoms with E-state index in [0.29, 0.717) is 32.7 Å². The summed E-state index contributed by atoms with van der Waals surface area (Å²) in [5.41, 5.74) is 4.55. The molecule has 0 saturated heterocycles. The number of hydrogen-bond donors (Lipinski definition) is 2. The Morgan fingerprint density at radius 1 is 1.21 bits per heavy atom. The van der Waals surface area contributed by atoms with Gasteiger partial charge in [0, 0.05) is 10.9 Å². The second kappa shape index (κ2) is 9.80. The van der Waals surface area contributed by atoms with Crippen LogP contribution in [-0.4, -0.2) is 28.7 Å². The zero-order valence-corrected chi connectivity index (χ0v) is 20.5. The summed E-state index contributed by atoms with van der Waals surface area (Å²) in [5, 5.41) is 5.82. The molecular formula is C25H25N3O3S2. The molecule has 33 heavy (non-hydrogen) atoms. The van der Waals surface area contributed by atoms with Crippen molar-refractivity contribution in [2.75, 3.05) is 18.2 Å². The van der Waals surface area contributed by atoms with Crippen LogP contribution in [0.2, 0.25) is 0 Å². The van der Waals surface area contributed by atoms with Crippen molar-refractivity contribution in [2.45, 2.75) is 31.8 Å². The highest BCUT2D eigenvalue weighted by molar-refractivity contribution is 7.99. The first-order chi connectivity index (χ1) is 15.9. The normalized spacial score (nSPS) is 11.2. The van der Waals surface area contributed by atoms with Crippen LogP contribution in [0.1, 0.15) is 30.9 Å². The van der Waals surface area contributed by atoms with E-state index in [1.807, 2.05) is 42.6 Å². The van der Waals surface area contributed by atoms with Crippen LogP contribution in [0.5, 0.6) is 5.75 Å². The van der Waals surface area contributed by atoms with Crippen molar-refractivity contribution < 1.29 is 9.53 Å². The molecule has 6 nitrogen and oxygen atoms in total. The summed E-state index contributed by atoms with van der Waals surface area (Å²) in [7, 11) is 1.56. The fourth-order valence-corrected chi connectivity index (χ4v) is 5.16. The lowest BCUT2D eigenvalue weighted by atomic mass is 9.99. The highest BCUT2D eigenvalue weighted by Crippen LogP contribution is 2.32. The van der Waals surface area contributed by atoms with Crippen LogP contribution in [0.15, 0.2) is 57.8 Å². The van der Waals surface area contributed by atoms with Gasteiger partial charge in [0.15, 0.2) is 5.16 Å². The molecule has 0 radical (unpaired) electrons. The lowest BCUT2D eigenvalue weighted by Gasteiger charge is -2.10. The van der Waals surface area contributed by atoms with Crippen molar-refractivity contribution in [1.29, 1.82) is 0 Å². The molecule has 0 aliphatic heterocycles. The number of thiophene rings is 1. The Morgan fingerprint density at radius 3 is 2.67 bits per heavy atom. The number of ether oxygens (including phenoxy) is 1. The molecule has 0 saturated carbocycles. The van der Waals surface area contributed by atoms with Crippen LogP contribution in [0.25, 0.3) is 21.3 Å². The average Bonchev–Trinajstić information content (AvgIpc) is 3.22. The topological polar surface area (TPSA) is 84.1 Å². The largest absolute Gasteiger partial charge is 0.495 e. The van der Waals surface area contributed by atoms with E-state index in [-0.39, 0.29) is 17.2 Å². The van der Waals surface area contributed by atoms with E-state index < -0.39 is 0 Å². The standard InChI is InChI=1S/C25H25N3O3S2/c1-14(2)16-6-8-17(9-7-16)18-12-32-24-22(18)23(30)27-25(28-24)33-13-21(29)26-19-11-15(3)5-10-20(19)31-4/h5-12,14H,13H2,1-4H3,(H,26,29)(H,27,28,30). The minimum atomic E-state index is -0.205. The van der Waals surface area contributed by atoms with Gasteiger partial charge in [-0.25, -0.2) is 4.98 Å². The van der Waals surface area contributed by atoms with Crippen molar-refractivity contribution in [2.24, 2.45) is 0 Å². The molecule has 0 fully saturated rings. The van der Waals surface area contributed by atoms with Crippen molar-refractivity contribution in [3.05, 3.63) is 69.3 Å². The molecule has 2 aromatic carbocycles. The number of rotatable bonds is 7.